The minimum Gasteiger partial charge on any atom is -0.497 e. The summed E-state index contributed by atoms with van der Waals surface area (Å²) in [7, 11) is 2.99. The second kappa shape index (κ2) is 8.34. The summed E-state index contributed by atoms with van der Waals surface area (Å²) in [6, 6.07) is 11.2. The van der Waals surface area contributed by atoms with Crippen LogP contribution in [0.1, 0.15) is 10.4 Å². The Balaban J connectivity index is 1.71. The summed E-state index contributed by atoms with van der Waals surface area (Å²) in [5, 5.41) is 5.45. The predicted molar refractivity (Wildman–Crippen MR) is 101 cm³/mol. The van der Waals surface area contributed by atoms with Crippen LogP contribution in [0.5, 0.6) is 11.5 Å². The molecule has 2 N–H and O–H groups in total. The number of halogens is 2. The zero-order chi connectivity index (χ0) is 20.1. The minimum atomic E-state index is -0.718. The van der Waals surface area contributed by atoms with Gasteiger partial charge in [0.2, 0.25) is 0 Å². The lowest BCUT2D eigenvalue weighted by Gasteiger charge is -2.10. The Morgan fingerprint density at radius 2 is 1.68 bits per heavy atom. The number of anilines is 3. The molecule has 0 bridgehead atoms. The molecule has 0 fully saturated rings. The van der Waals surface area contributed by atoms with Crippen LogP contribution in [0.15, 0.2) is 54.7 Å². The fourth-order valence-corrected chi connectivity index (χ4v) is 2.42. The molecule has 1 heterocycles. The van der Waals surface area contributed by atoms with Crippen LogP contribution in [-0.4, -0.2) is 25.1 Å². The van der Waals surface area contributed by atoms with Crippen LogP contribution in [-0.2, 0) is 0 Å². The summed E-state index contributed by atoms with van der Waals surface area (Å²) < 4.78 is 37.0. The third kappa shape index (κ3) is 4.53. The number of benzene rings is 2. The van der Waals surface area contributed by atoms with Crippen LogP contribution in [0.3, 0.4) is 0 Å². The smallest absolute Gasteiger partial charge is 0.257 e. The lowest BCUT2D eigenvalue weighted by molar-refractivity contribution is 0.102. The summed E-state index contributed by atoms with van der Waals surface area (Å²) in [6.45, 7) is 0. The van der Waals surface area contributed by atoms with E-state index in [1.807, 2.05) is 0 Å². The number of hydrogen-bond donors (Lipinski definition) is 2. The zero-order valence-corrected chi connectivity index (χ0v) is 15.1. The molecule has 0 aliphatic rings. The van der Waals surface area contributed by atoms with Gasteiger partial charge in [-0.2, -0.15) is 0 Å². The Hall–Kier alpha value is -3.68. The number of ether oxygens (including phenoxy) is 2. The number of methoxy groups -OCH3 is 2. The van der Waals surface area contributed by atoms with Gasteiger partial charge in [0.1, 0.15) is 29.0 Å². The first-order valence-corrected chi connectivity index (χ1v) is 8.21. The average molecular weight is 385 g/mol. The summed E-state index contributed by atoms with van der Waals surface area (Å²) >= 11 is 0. The molecule has 0 spiro atoms. The molecule has 0 unspecified atom stereocenters. The molecule has 0 aliphatic carbocycles. The SMILES string of the molecule is COc1cc(OC)cc(C(=O)Nc2ccc(Nc3ccc(F)cc3F)cn2)c1. The van der Waals surface area contributed by atoms with Crippen molar-refractivity contribution in [3.8, 4) is 11.5 Å². The molecule has 0 saturated heterocycles. The first-order valence-electron chi connectivity index (χ1n) is 8.21. The van der Waals surface area contributed by atoms with Crippen molar-refractivity contribution in [1.29, 1.82) is 0 Å². The van der Waals surface area contributed by atoms with E-state index in [4.69, 9.17) is 9.47 Å². The number of carbonyl (C=O) groups is 1. The van der Waals surface area contributed by atoms with Gasteiger partial charge in [0, 0.05) is 17.7 Å². The second-order valence-electron chi connectivity index (χ2n) is 5.74. The van der Waals surface area contributed by atoms with Gasteiger partial charge in [-0.3, -0.25) is 4.79 Å². The highest BCUT2D eigenvalue weighted by Crippen LogP contribution is 2.24. The molecule has 6 nitrogen and oxygen atoms in total. The monoisotopic (exact) mass is 385 g/mol. The number of carbonyl (C=O) groups excluding carboxylic acids is 1. The van der Waals surface area contributed by atoms with E-state index in [0.29, 0.717) is 28.6 Å². The van der Waals surface area contributed by atoms with Crippen molar-refractivity contribution in [1.82, 2.24) is 4.98 Å². The number of amides is 1. The van der Waals surface area contributed by atoms with Crippen LogP contribution >= 0.6 is 0 Å². The molecule has 3 rings (SSSR count). The number of hydrogen-bond acceptors (Lipinski definition) is 5. The third-order valence-electron chi connectivity index (χ3n) is 3.83. The number of pyridine rings is 1. The molecule has 28 heavy (non-hydrogen) atoms. The van der Waals surface area contributed by atoms with E-state index >= 15 is 0 Å². The summed E-state index contributed by atoms with van der Waals surface area (Å²) in [5.41, 5.74) is 0.934. The van der Waals surface area contributed by atoms with Gasteiger partial charge in [-0.25, -0.2) is 13.8 Å². The summed E-state index contributed by atoms with van der Waals surface area (Å²) in [4.78, 5) is 16.6. The number of aromatic nitrogens is 1. The van der Waals surface area contributed by atoms with Gasteiger partial charge in [-0.1, -0.05) is 0 Å². The normalized spacial score (nSPS) is 10.3. The van der Waals surface area contributed by atoms with Crippen LogP contribution in [0.25, 0.3) is 0 Å². The Labute approximate surface area is 160 Å². The zero-order valence-electron chi connectivity index (χ0n) is 15.1. The lowest BCUT2D eigenvalue weighted by atomic mass is 10.2. The van der Waals surface area contributed by atoms with Crippen LogP contribution in [0.4, 0.5) is 26.0 Å². The van der Waals surface area contributed by atoms with Crippen LogP contribution in [0.2, 0.25) is 0 Å². The maximum Gasteiger partial charge on any atom is 0.257 e. The fourth-order valence-electron chi connectivity index (χ4n) is 2.42. The van der Waals surface area contributed by atoms with Crippen LogP contribution < -0.4 is 20.1 Å². The maximum absolute atomic E-state index is 13.7. The van der Waals surface area contributed by atoms with E-state index < -0.39 is 17.5 Å². The van der Waals surface area contributed by atoms with Gasteiger partial charge in [0.05, 0.1) is 31.8 Å². The molecule has 3 aromatic rings. The largest absolute Gasteiger partial charge is 0.497 e. The van der Waals surface area contributed by atoms with Crippen molar-refractivity contribution in [2.75, 3.05) is 24.9 Å². The van der Waals surface area contributed by atoms with E-state index in [0.717, 1.165) is 12.1 Å². The predicted octanol–water partition coefficient (Wildman–Crippen LogP) is 4.37. The van der Waals surface area contributed by atoms with Crippen LogP contribution in [0, 0.1) is 11.6 Å². The molecular formula is C20H17F2N3O3. The van der Waals surface area contributed by atoms with Crippen molar-refractivity contribution < 1.29 is 23.0 Å². The molecule has 2 aromatic carbocycles. The molecular weight excluding hydrogens is 368 g/mol. The van der Waals surface area contributed by atoms with E-state index in [-0.39, 0.29) is 5.69 Å². The van der Waals surface area contributed by atoms with Crippen molar-refractivity contribution in [3.05, 3.63) is 71.9 Å². The average Bonchev–Trinajstić information content (AvgIpc) is 2.71. The van der Waals surface area contributed by atoms with Gasteiger partial charge in [-0.15, -0.1) is 0 Å². The molecule has 1 amide bonds. The van der Waals surface area contributed by atoms with Gasteiger partial charge >= 0.3 is 0 Å². The van der Waals surface area contributed by atoms with Gasteiger partial charge in [0.25, 0.3) is 5.91 Å². The molecule has 8 heteroatoms. The topological polar surface area (TPSA) is 72.5 Å². The summed E-state index contributed by atoms with van der Waals surface area (Å²) in [6.07, 6.45) is 1.42. The Kier molecular flexibility index (Phi) is 5.69. The first kappa shape index (κ1) is 19.1. The maximum atomic E-state index is 13.7. The lowest BCUT2D eigenvalue weighted by Crippen LogP contribution is -2.13. The highest BCUT2D eigenvalue weighted by atomic mass is 19.1. The number of rotatable bonds is 6. The quantitative estimate of drug-likeness (QED) is 0.659. The molecule has 0 atom stereocenters. The Morgan fingerprint density at radius 1 is 0.964 bits per heavy atom. The van der Waals surface area contributed by atoms with Crippen molar-refractivity contribution in [3.63, 3.8) is 0 Å². The Bertz CT molecular complexity index is 972. The molecule has 1 aromatic heterocycles. The molecule has 144 valence electrons. The van der Waals surface area contributed by atoms with Gasteiger partial charge in [0.15, 0.2) is 0 Å². The van der Waals surface area contributed by atoms with Crippen molar-refractivity contribution >= 4 is 23.1 Å². The van der Waals surface area contributed by atoms with E-state index in [1.54, 1.807) is 30.3 Å². The van der Waals surface area contributed by atoms with E-state index in [2.05, 4.69) is 15.6 Å². The van der Waals surface area contributed by atoms with E-state index in [9.17, 15) is 13.6 Å². The summed E-state index contributed by atoms with van der Waals surface area (Å²) in [5.74, 6) is -0.499. The highest BCUT2D eigenvalue weighted by molar-refractivity contribution is 6.04. The molecule has 0 radical (unpaired) electrons. The number of nitrogens with one attached hydrogen (secondary N) is 2. The standard InChI is InChI=1S/C20H17F2N3O3/c1-27-15-7-12(8-16(10-15)28-2)20(26)25-19-6-4-14(11-23-19)24-18-5-3-13(21)9-17(18)22/h3-11,24H,1-2H3,(H,23,25,26). The molecule has 0 saturated carbocycles. The third-order valence-corrected chi connectivity index (χ3v) is 3.83. The first-order chi connectivity index (χ1) is 13.5. The van der Waals surface area contributed by atoms with E-state index in [1.165, 1.54) is 26.5 Å². The number of nitrogens with zero attached hydrogens (tertiary/aromatic N) is 1. The second-order valence-corrected chi connectivity index (χ2v) is 5.74. The molecule has 0 aliphatic heterocycles. The highest BCUT2D eigenvalue weighted by Gasteiger charge is 2.11. The van der Waals surface area contributed by atoms with Gasteiger partial charge < -0.3 is 20.1 Å². The fraction of sp³-hybridized carbons (Fsp3) is 0.100. The Morgan fingerprint density at radius 3 is 2.25 bits per heavy atom. The van der Waals surface area contributed by atoms with Gasteiger partial charge in [-0.05, 0) is 36.4 Å². The minimum absolute atomic E-state index is 0.114. The van der Waals surface area contributed by atoms with Crippen molar-refractivity contribution in [2.24, 2.45) is 0 Å². The van der Waals surface area contributed by atoms with Crippen molar-refractivity contribution in [2.45, 2.75) is 0 Å².